The van der Waals surface area contributed by atoms with Crippen LogP contribution >= 0.6 is 0 Å². The smallest absolute Gasteiger partial charge is 0.368 e. The van der Waals surface area contributed by atoms with E-state index in [0.717, 1.165) is 10.6 Å². The van der Waals surface area contributed by atoms with E-state index in [-0.39, 0.29) is 51.4 Å². The van der Waals surface area contributed by atoms with Crippen molar-refractivity contribution in [1.82, 2.24) is 10.6 Å². The van der Waals surface area contributed by atoms with Gasteiger partial charge in [0.2, 0.25) is 0 Å². The molecule has 26 N–H and O–H groups in total. The molecule has 2 fully saturated rings. The standard InChI is InChI=1S/C36H68N2O70S16/c39-27(31(43,111(55,56)57)35(47,115(67,68)69)33(45,113(61,62)63)29(41,109(49,50)51)15-97-25-23(107-123(91,92)93)21(105-121(85,86)87)19(103-119(79,80)81)17(101-25)13-99-117(73,74)75)37-11-9-7-5-3-1-2-4-6-8-10-12-38-28(40)32(44,112(58,59)60)36(48,116(70,71)72)34(46,114(64,65)66)30(42,110(52,53)54)16-98-26-24(108-124(94,95)96)22(106-122(88,89)90)20(104-120(82,83)84)18(102-26)14-100-118(76,77)78/h17-26,41-48H,1-16H2,(H,37,39)(H,38,40)(H,49,50,51)(H,52,53,54)(H,55,56,57)(H,58,59,60)(H,61,62,63)(H,64,65,66)(H,67,68,69)(H,70,71,72)(H,73,74,75)(H,76,77,78)(H,79,80,81)(H,82,83,84)(H,85,86,87)(H,88,89,90)(H,91,92,93)(H,94,95,96)/t17-,18-,19+,20+,21+,22+,23-,24-,25+,26+,29+,30+,31-,32-,33+,34+,35+,36+/m1/s1. The van der Waals surface area contributed by atoms with Gasteiger partial charge in [0.25, 0.3) is 41.4 Å². The van der Waals surface area contributed by atoms with Gasteiger partial charge in [-0.15, -0.1) is 0 Å². The lowest BCUT2D eigenvalue weighted by Crippen LogP contribution is -2.86. The molecular weight excluding hydrogens is 2090 g/mol. The molecule has 0 aromatic heterocycles. The second kappa shape index (κ2) is 39.5. The second-order valence-electron chi connectivity index (χ2n) is 24.3. The van der Waals surface area contributed by atoms with Gasteiger partial charge in [0.1, 0.15) is 49.8 Å². The molecule has 2 amide bonds. The number of rotatable bonds is 53. The van der Waals surface area contributed by atoms with Crippen molar-refractivity contribution in [2.45, 2.75) is 165 Å². The Morgan fingerprint density at radius 2 is 0.460 bits per heavy atom. The zero-order chi connectivity index (χ0) is 98.1. The van der Waals surface area contributed by atoms with Crippen LogP contribution in [-0.4, -0.2) is 401 Å². The lowest BCUT2D eigenvalue weighted by molar-refractivity contribution is -0.299. The van der Waals surface area contributed by atoms with E-state index < -0.39 is 329 Å². The van der Waals surface area contributed by atoms with E-state index in [1.165, 1.54) is 0 Å². The van der Waals surface area contributed by atoms with Crippen molar-refractivity contribution in [1.29, 1.82) is 0 Å². The van der Waals surface area contributed by atoms with Gasteiger partial charge < -0.3 is 70.4 Å². The van der Waals surface area contributed by atoms with Crippen LogP contribution in [0.25, 0.3) is 0 Å². The molecule has 2 saturated heterocycles. The summed E-state index contributed by atoms with van der Waals surface area (Å²) in [5.74, 6) is -6.92. The Morgan fingerprint density at radius 1 is 0.258 bits per heavy atom. The SMILES string of the molecule is O=C(NCCCCCCCCCCCCNC(=O)[C@](O)([C@@](O)([C@](O)([C@](O)(CO[C@H]1O[C@H](COS(=O)(=O)O)[C@H](OS(=O)(=O)O)[C@H](OS(=O)(=O)O)[C@H]1OS(=O)(=O)O)S(=O)(=O)O)S(=O)(=O)O)S(=O)(=O)O)S(=O)(=O)O)[C@](O)([C@@](O)([C@](O)([C@](O)(CO[C@H]1O[C@H](COS(=O)(=O)O)[C@H](OS(=O)(=O)O)[C@H](OS(=O)(=O)O)[C@H]1OS(=O)(=O)O)S(=O)(=O)O)S(=O)(=O)O)S(=O)(=O)O)S(=O)(=O)O. The number of hydrogen-bond donors (Lipinski definition) is 26. The molecule has 2 rings (SSSR count). The number of hydrogen-bond acceptors (Lipinski definition) is 54. The van der Waals surface area contributed by atoms with Gasteiger partial charge in [-0.2, -0.15) is 135 Å². The average Bonchev–Trinajstić information content (AvgIpc) is 0.667. The predicted octanol–water partition coefficient (Wildman–Crippen LogP) is -16.0. The Balaban J connectivity index is 2.56. The summed E-state index contributed by atoms with van der Waals surface area (Å²) in [5, 5.41) is 94.3. The molecule has 0 unspecified atom stereocenters. The molecule has 0 radical (unpaired) electrons. The Hall–Kier alpha value is -3.30. The first kappa shape index (κ1) is 117. The molecule has 2 aliphatic rings. The minimum absolute atomic E-state index is 0.0233. The first-order valence-corrected chi connectivity index (χ1v) is 52.7. The highest BCUT2D eigenvalue weighted by atomic mass is 32.3. The van der Waals surface area contributed by atoms with Gasteiger partial charge in [-0.1, -0.05) is 51.4 Å². The van der Waals surface area contributed by atoms with E-state index in [1.807, 2.05) is 0 Å². The largest absolute Gasteiger partial charge is 0.397 e. The van der Waals surface area contributed by atoms with Crippen molar-refractivity contribution in [3.05, 3.63) is 0 Å². The summed E-state index contributed by atoms with van der Waals surface area (Å²) in [4.78, 5) is -27.7. The van der Waals surface area contributed by atoms with E-state index in [4.69, 9.17) is 9.11 Å². The van der Waals surface area contributed by atoms with Crippen LogP contribution in [0.3, 0.4) is 0 Å². The highest BCUT2D eigenvalue weighted by Crippen LogP contribution is 2.53. The van der Waals surface area contributed by atoms with Crippen LogP contribution in [0.4, 0.5) is 0 Å². The Labute approximate surface area is 696 Å². The molecule has 2 aliphatic heterocycles. The number of unbranched alkanes of at least 4 members (excludes halogenated alkanes) is 9. The van der Waals surface area contributed by atoms with Crippen LogP contribution in [0.1, 0.15) is 64.2 Å². The lowest BCUT2D eigenvalue weighted by Gasteiger charge is -2.49. The topological polar surface area (TPSA) is 1200 Å². The van der Waals surface area contributed by atoms with Crippen LogP contribution in [0.15, 0.2) is 0 Å². The summed E-state index contributed by atoms with van der Waals surface area (Å²) in [6.07, 6.45) is -39.2. The maximum absolute atomic E-state index is 13.7. The molecular formula is C36H68N2O70S16. The molecule has 124 heavy (non-hydrogen) atoms. The fraction of sp³-hybridized carbons (Fsp3) is 0.944. The normalized spacial score (nSPS) is 25.5. The van der Waals surface area contributed by atoms with Gasteiger partial charge in [0, 0.05) is 13.1 Å². The van der Waals surface area contributed by atoms with Crippen molar-refractivity contribution in [2.75, 3.05) is 39.5 Å². The van der Waals surface area contributed by atoms with Crippen molar-refractivity contribution in [2.24, 2.45) is 0 Å². The molecule has 0 saturated carbocycles. The number of carbonyl (C=O) groups excluding carboxylic acids is 2. The number of amides is 2. The molecule has 72 nitrogen and oxygen atoms in total. The minimum Gasteiger partial charge on any atom is -0.368 e. The third-order valence-electron chi connectivity index (χ3n) is 16.0. The van der Waals surface area contributed by atoms with Gasteiger partial charge in [-0.3, -0.25) is 82.4 Å². The van der Waals surface area contributed by atoms with Crippen molar-refractivity contribution in [3.63, 3.8) is 0 Å². The summed E-state index contributed by atoms with van der Waals surface area (Å²) < 4.78 is 604. The second-order valence-corrected chi connectivity index (χ2v) is 45.3. The van der Waals surface area contributed by atoms with Crippen LogP contribution < -0.4 is 10.6 Å². The van der Waals surface area contributed by atoms with Crippen molar-refractivity contribution < 1.29 is 310 Å². The molecule has 18 atom stereocenters. The number of carbonyl (C=O) groups is 2. The van der Waals surface area contributed by atoms with Crippen LogP contribution in [-0.2, 0) is 226 Å². The van der Waals surface area contributed by atoms with E-state index >= 15 is 0 Å². The maximum Gasteiger partial charge on any atom is 0.397 e. The number of aliphatic hydroxyl groups is 8. The Bertz CT molecular complexity index is 5510. The predicted molar refractivity (Wildman–Crippen MR) is 367 cm³/mol. The van der Waals surface area contributed by atoms with Gasteiger partial charge in [-0.05, 0) is 12.8 Å². The molecule has 0 aromatic rings. The number of ether oxygens (including phenoxy) is 4. The third kappa shape index (κ3) is 27.2. The van der Waals surface area contributed by atoms with Crippen molar-refractivity contribution in [3.8, 4) is 0 Å². The van der Waals surface area contributed by atoms with Gasteiger partial charge in [0.05, 0.1) is 13.2 Å². The summed E-state index contributed by atoms with van der Waals surface area (Å²) >= 11 is 0. The monoisotopic (exact) mass is 2160 g/mol. The maximum atomic E-state index is 13.7. The molecule has 738 valence electrons. The summed E-state index contributed by atoms with van der Waals surface area (Å²) in [5.41, 5.74) is 0. The average molecular weight is 2160 g/mol. The summed E-state index contributed by atoms with van der Waals surface area (Å²) in [6, 6.07) is 0. The zero-order valence-electron chi connectivity index (χ0n) is 59.1. The highest BCUT2D eigenvalue weighted by molar-refractivity contribution is 7.96. The van der Waals surface area contributed by atoms with Crippen LogP contribution in [0.5, 0.6) is 0 Å². The van der Waals surface area contributed by atoms with Crippen molar-refractivity contribution >= 4 is 176 Å². The van der Waals surface area contributed by atoms with Crippen LogP contribution in [0, 0.1) is 0 Å². The van der Waals surface area contributed by atoms with E-state index in [2.05, 4.69) is 52.4 Å². The first-order chi connectivity index (χ1) is 54.5. The number of nitrogens with one attached hydrogen (secondary N) is 2. The fourth-order valence-electron chi connectivity index (χ4n) is 10.8. The third-order valence-corrected chi connectivity index (χ3v) is 30.9. The summed E-state index contributed by atoms with van der Waals surface area (Å²) in [6.45, 7) is -14.6. The Kier molecular flexibility index (Phi) is 37.2. The van der Waals surface area contributed by atoms with E-state index in [9.17, 15) is 249 Å². The quantitative estimate of drug-likeness (QED) is 0.0199. The minimum atomic E-state index is -8.32. The Morgan fingerprint density at radius 3 is 0.645 bits per heavy atom. The first-order valence-electron chi connectivity index (χ1n) is 30.3. The van der Waals surface area contributed by atoms with Gasteiger partial charge >= 0.3 is 174 Å². The molecule has 0 bridgehead atoms. The highest BCUT2D eigenvalue weighted by Gasteiger charge is 2.92. The molecule has 0 aliphatic carbocycles. The van der Waals surface area contributed by atoms with E-state index in [0.29, 0.717) is 0 Å². The fourth-order valence-corrected chi connectivity index (χ4v) is 25.4. The molecule has 2 heterocycles. The molecule has 0 spiro atoms. The molecule has 0 aromatic carbocycles. The lowest BCUT2D eigenvalue weighted by atomic mass is 9.98. The zero-order valence-corrected chi connectivity index (χ0v) is 72.2. The molecule has 88 heteroatoms. The summed E-state index contributed by atoms with van der Waals surface area (Å²) in [7, 11) is -116. The van der Waals surface area contributed by atoms with Crippen LogP contribution in [0.2, 0.25) is 0 Å². The van der Waals surface area contributed by atoms with Gasteiger partial charge in [-0.25, -0.2) is 33.5 Å². The van der Waals surface area contributed by atoms with Gasteiger partial charge in [0.15, 0.2) is 24.8 Å². The van der Waals surface area contributed by atoms with E-state index in [1.54, 1.807) is 0 Å².